The Bertz CT molecular complexity index is 691. The van der Waals surface area contributed by atoms with E-state index in [1.165, 1.54) is 16.3 Å². The minimum Gasteiger partial charge on any atom is -0.295 e. The molecule has 0 spiro atoms. The molecule has 0 N–H and O–H groups in total. The number of hydrazone groups is 1. The lowest BCUT2D eigenvalue weighted by atomic mass is 9.98. The second-order valence-electron chi connectivity index (χ2n) is 6.22. The van der Waals surface area contributed by atoms with Crippen molar-refractivity contribution in [2.45, 2.75) is 27.3 Å². The van der Waals surface area contributed by atoms with Crippen molar-refractivity contribution in [1.29, 1.82) is 0 Å². The summed E-state index contributed by atoms with van der Waals surface area (Å²) in [4.78, 5) is 0. The van der Waals surface area contributed by atoms with Crippen LogP contribution >= 0.6 is 0 Å². The highest BCUT2D eigenvalue weighted by Crippen LogP contribution is 2.19. The van der Waals surface area contributed by atoms with Gasteiger partial charge >= 0.3 is 0 Å². The van der Waals surface area contributed by atoms with Gasteiger partial charge in [0.2, 0.25) is 0 Å². The summed E-state index contributed by atoms with van der Waals surface area (Å²) in [5.74, 6) is 6.14. The molecule has 0 radical (unpaired) electrons. The maximum atomic E-state index is 4.36. The van der Waals surface area contributed by atoms with Crippen molar-refractivity contribution in [2.75, 3.05) is 7.05 Å². The van der Waals surface area contributed by atoms with Gasteiger partial charge in [-0.05, 0) is 37.1 Å². The fourth-order valence-corrected chi connectivity index (χ4v) is 2.09. The first-order valence-corrected chi connectivity index (χ1v) is 7.19. The first-order chi connectivity index (χ1) is 9.96. The summed E-state index contributed by atoms with van der Waals surface area (Å²) < 4.78 is 0. The first-order valence-electron chi connectivity index (χ1n) is 7.19. The molecule has 0 aliphatic heterocycles. The van der Waals surface area contributed by atoms with Gasteiger partial charge in [0, 0.05) is 12.5 Å². The van der Waals surface area contributed by atoms with Gasteiger partial charge < -0.3 is 0 Å². The molecule has 0 aliphatic rings. The number of rotatable bonds is 3. The maximum absolute atomic E-state index is 4.36. The van der Waals surface area contributed by atoms with Crippen LogP contribution in [-0.4, -0.2) is 18.3 Å². The molecule has 0 atom stereocenters. The van der Waals surface area contributed by atoms with Gasteiger partial charge in [0.15, 0.2) is 0 Å². The van der Waals surface area contributed by atoms with E-state index in [4.69, 9.17) is 0 Å². The van der Waals surface area contributed by atoms with Crippen LogP contribution < -0.4 is 0 Å². The average Bonchev–Trinajstić information content (AvgIpc) is 2.43. The smallest absolute Gasteiger partial charge is 0.0968 e. The van der Waals surface area contributed by atoms with Crippen molar-refractivity contribution >= 4 is 17.0 Å². The van der Waals surface area contributed by atoms with E-state index in [2.05, 4.69) is 80.2 Å². The van der Waals surface area contributed by atoms with Gasteiger partial charge in [-0.2, -0.15) is 5.10 Å². The van der Waals surface area contributed by atoms with Crippen molar-refractivity contribution in [1.82, 2.24) is 5.01 Å². The molecule has 0 heterocycles. The Hall–Kier alpha value is -2.27. The summed E-state index contributed by atoms with van der Waals surface area (Å²) in [5.41, 5.74) is 1.29. The van der Waals surface area contributed by atoms with Crippen molar-refractivity contribution in [3.63, 3.8) is 0 Å². The number of benzene rings is 2. The predicted molar refractivity (Wildman–Crippen MR) is 91.1 cm³/mol. The third-order valence-corrected chi connectivity index (χ3v) is 3.05. The van der Waals surface area contributed by atoms with Crippen LogP contribution in [0.1, 0.15) is 26.3 Å². The Morgan fingerprint density at radius 1 is 1.10 bits per heavy atom. The summed E-state index contributed by atoms with van der Waals surface area (Å²) in [5, 5.41) is 8.82. The fourth-order valence-electron chi connectivity index (χ4n) is 2.09. The van der Waals surface area contributed by atoms with Gasteiger partial charge in [-0.25, -0.2) is 0 Å². The Balaban J connectivity index is 2.09. The monoisotopic (exact) mass is 278 g/mol. The lowest BCUT2D eigenvalue weighted by Gasteiger charge is -2.14. The molecular formula is C19H22N2. The highest BCUT2D eigenvalue weighted by atomic mass is 15.4. The van der Waals surface area contributed by atoms with Crippen LogP contribution in [0, 0.1) is 17.3 Å². The molecule has 0 saturated heterocycles. The van der Waals surface area contributed by atoms with E-state index >= 15 is 0 Å². The van der Waals surface area contributed by atoms with Crippen molar-refractivity contribution in [3.8, 4) is 11.8 Å². The normalized spacial score (nSPS) is 11.4. The Morgan fingerprint density at radius 3 is 2.57 bits per heavy atom. The van der Waals surface area contributed by atoms with Crippen molar-refractivity contribution in [2.24, 2.45) is 10.5 Å². The first kappa shape index (κ1) is 15.1. The highest BCUT2D eigenvalue weighted by molar-refractivity contribution is 5.85. The summed E-state index contributed by atoms with van der Waals surface area (Å²) in [6.45, 7) is 7.05. The minimum absolute atomic E-state index is 0.0141. The summed E-state index contributed by atoms with van der Waals surface area (Å²) in [6, 6.07) is 14.8. The number of nitrogens with zero attached hydrogens (tertiary/aromatic N) is 2. The lowest BCUT2D eigenvalue weighted by molar-refractivity contribution is 0.350. The van der Waals surface area contributed by atoms with E-state index in [0.29, 0.717) is 0 Å². The molecule has 108 valence electrons. The van der Waals surface area contributed by atoms with E-state index < -0.39 is 0 Å². The zero-order valence-corrected chi connectivity index (χ0v) is 13.2. The van der Waals surface area contributed by atoms with Gasteiger partial charge in [0.1, 0.15) is 0 Å². The van der Waals surface area contributed by atoms with Gasteiger partial charge in [-0.1, -0.05) is 54.3 Å². The summed E-state index contributed by atoms with van der Waals surface area (Å²) >= 11 is 0. The van der Waals surface area contributed by atoms with Crippen LogP contribution in [-0.2, 0) is 6.54 Å². The van der Waals surface area contributed by atoms with Crippen LogP contribution in [0.25, 0.3) is 10.8 Å². The van der Waals surface area contributed by atoms with Crippen LogP contribution in [0.5, 0.6) is 0 Å². The largest absolute Gasteiger partial charge is 0.295 e. The predicted octanol–water partition coefficient (Wildman–Crippen LogP) is 4.31. The minimum atomic E-state index is 0.0141. The Labute approximate surface area is 127 Å². The molecule has 0 saturated carbocycles. The van der Waals surface area contributed by atoms with Gasteiger partial charge in [0.05, 0.1) is 12.8 Å². The van der Waals surface area contributed by atoms with Crippen LogP contribution in [0.3, 0.4) is 0 Å². The van der Waals surface area contributed by atoms with E-state index in [1.807, 2.05) is 12.1 Å². The molecule has 0 bridgehead atoms. The van der Waals surface area contributed by atoms with Gasteiger partial charge in [-0.3, -0.25) is 5.01 Å². The number of hydrogen-bond acceptors (Lipinski definition) is 2. The molecule has 2 rings (SSSR count). The molecule has 21 heavy (non-hydrogen) atoms. The quantitative estimate of drug-likeness (QED) is 0.464. The van der Waals surface area contributed by atoms with Crippen molar-refractivity contribution < 1.29 is 0 Å². The second kappa shape index (κ2) is 6.45. The zero-order chi connectivity index (χ0) is 15.3. The number of hydrogen-bond donors (Lipinski definition) is 0. The SMILES string of the molecule is CN(Cc1cccc2ccccc12)/N=C\C#CC(C)(C)C. The maximum Gasteiger partial charge on any atom is 0.0968 e. The lowest BCUT2D eigenvalue weighted by Crippen LogP contribution is -2.10. The topological polar surface area (TPSA) is 15.6 Å². The molecule has 2 nitrogen and oxygen atoms in total. The van der Waals surface area contributed by atoms with Crippen LogP contribution in [0.15, 0.2) is 47.6 Å². The molecule has 2 heteroatoms. The number of fused-ring (bicyclic) bond motifs is 1. The molecule has 0 amide bonds. The van der Waals surface area contributed by atoms with Gasteiger partial charge in [0.25, 0.3) is 0 Å². The standard InChI is InChI=1S/C19H22N2/c1-19(2,3)13-8-14-20-21(4)15-17-11-7-10-16-9-5-6-12-18(16)17/h5-7,9-12,14H,15H2,1-4H3/b20-14-. The fraction of sp³-hybridized carbons (Fsp3) is 0.316. The third kappa shape index (κ3) is 4.65. The molecular weight excluding hydrogens is 256 g/mol. The van der Waals surface area contributed by atoms with Crippen molar-refractivity contribution in [3.05, 3.63) is 48.0 Å². The van der Waals surface area contributed by atoms with E-state index in [-0.39, 0.29) is 5.41 Å². The van der Waals surface area contributed by atoms with Gasteiger partial charge in [-0.15, -0.1) is 0 Å². The molecule has 0 aliphatic carbocycles. The average molecular weight is 278 g/mol. The third-order valence-electron chi connectivity index (χ3n) is 3.05. The second-order valence-corrected chi connectivity index (χ2v) is 6.22. The molecule has 2 aromatic carbocycles. The summed E-state index contributed by atoms with van der Waals surface area (Å²) in [7, 11) is 1.97. The molecule has 0 unspecified atom stereocenters. The van der Waals surface area contributed by atoms with E-state index in [1.54, 1.807) is 6.21 Å². The van der Waals surface area contributed by atoms with E-state index in [0.717, 1.165) is 6.54 Å². The highest BCUT2D eigenvalue weighted by Gasteiger charge is 2.03. The van der Waals surface area contributed by atoms with E-state index in [9.17, 15) is 0 Å². The Morgan fingerprint density at radius 2 is 1.81 bits per heavy atom. The van der Waals surface area contributed by atoms with Crippen LogP contribution in [0.4, 0.5) is 0 Å². The molecule has 0 fully saturated rings. The molecule has 0 aromatic heterocycles. The zero-order valence-electron chi connectivity index (χ0n) is 13.2. The van der Waals surface area contributed by atoms with Crippen LogP contribution in [0.2, 0.25) is 0 Å². The summed E-state index contributed by atoms with van der Waals surface area (Å²) in [6.07, 6.45) is 1.68. The molecule has 2 aromatic rings. The Kier molecular flexibility index (Phi) is 4.65.